The maximum Gasteiger partial charge on any atom is 0.268 e. The fourth-order valence-electron chi connectivity index (χ4n) is 3.24. The number of nitrogens with one attached hydrogen (secondary N) is 3. The minimum absolute atomic E-state index is 0.0875. The molecule has 0 aliphatic rings. The van der Waals surface area contributed by atoms with Gasteiger partial charge in [0.2, 0.25) is 0 Å². The SMILES string of the molecule is CN/C(=N\[N+](=O)[O-])NCc1cnc(Cl)s1.CNC(=O)C(OC)c1ccccc1COc1cc(C)ccc1C. The Morgan fingerprint density at radius 3 is 2.55 bits per heavy atom. The van der Waals surface area contributed by atoms with Gasteiger partial charge in [-0.15, -0.1) is 11.3 Å². The lowest BCUT2D eigenvalue weighted by molar-refractivity contribution is -0.485. The summed E-state index contributed by atoms with van der Waals surface area (Å²) < 4.78 is 11.8. The molecule has 0 aliphatic carbocycles. The van der Waals surface area contributed by atoms with Gasteiger partial charge in [0.25, 0.3) is 11.9 Å². The minimum Gasteiger partial charge on any atom is -0.489 e. The first kappa shape index (κ1) is 30.5. The van der Waals surface area contributed by atoms with Gasteiger partial charge in [-0.3, -0.25) is 4.79 Å². The molecule has 0 spiro atoms. The zero-order valence-corrected chi connectivity index (χ0v) is 23.4. The van der Waals surface area contributed by atoms with Crippen LogP contribution in [0.2, 0.25) is 4.47 Å². The number of ether oxygens (including phenoxy) is 2. The van der Waals surface area contributed by atoms with Crippen molar-refractivity contribution in [3.05, 3.63) is 90.4 Å². The maximum absolute atomic E-state index is 12.0. The zero-order valence-electron chi connectivity index (χ0n) is 21.8. The molecule has 0 radical (unpaired) electrons. The molecular formula is C25H31ClN6O5S. The van der Waals surface area contributed by atoms with E-state index in [1.807, 2.05) is 50.2 Å². The Hall–Kier alpha value is -3.74. The molecule has 1 heterocycles. The summed E-state index contributed by atoms with van der Waals surface area (Å²) in [6.07, 6.45) is 0.956. The highest BCUT2D eigenvalue weighted by Gasteiger charge is 2.21. The highest BCUT2D eigenvalue weighted by molar-refractivity contribution is 7.15. The third kappa shape index (κ3) is 9.61. The second kappa shape index (κ2) is 15.5. The van der Waals surface area contributed by atoms with E-state index in [1.165, 1.54) is 25.5 Å². The van der Waals surface area contributed by atoms with E-state index in [2.05, 4.69) is 32.1 Å². The van der Waals surface area contributed by atoms with Crippen molar-refractivity contribution in [2.75, 3.05) is 21.2 Å². The summed E-state index contributed by atoms with van der Waals surface area (Å²) in [7, 11) is 4.67. The normalized spacial score (nSPS) is 11.6. The van der Waals surface area contributed by atoms with Crippen LogP contribution in [0.5, 0.6) is 5.75 Å². The van der Waals surface area contributed by atoms with E-state index >= 15 is 0 Å². The highest BCUT2D eigenvalue weighted by atomic mass is 35.5. The number of amides is 1. The first-order chi connectivity index (χ1) is 18.2. The second-order valence-corrected chi connectivity index (χ2v) is 9.55. The van der Waals surface area contributed by atoms with Crippen LogP contribution in [0.25, 0.3) is 0 Å². The largest absolute Gasteiger partial charge is 0.489 e. The summed E-state index contributed by atoms with van der Waals surface area (Å²) in [6, 6.07) is 13.8. The number of likely N-dealkylation sites (N-methyl/N-ethyl adjacent to an activating group) is 1. The van der Waals surface area contributed by atoms with E-state index < -0.39 is 11.1 Å². The number of rotatable bonds is 9. The lowest BCUT2D eigenvalue weighted by Crippen LogP contribution is -2.34. The number of halogens is 1. The Morgan fingerprint density at radius 2 is 1.95 bits per heavy atom. The van der Waals surface area contributed by atoms with Crippen LogP contribution in [0, 0.1) is 24.0 Å². The van der Waals surface area contributed by atoms with Crippen LogP contribution in [0.1, 0.15) is 33.2 Å². The van der Waals surface area contributed by atoms with Gasteiger partial charge in [-0.25, -0.2) is 15.1 Å². The third-order valence-electron chi connectivity index (χ3n) is 5.16. The van der Waals surface area contributed by atoms with Gasteiger partial charge >= 0.3 is 0 Å². The Balaban J connectivity index is 0.000000293. The summed E-state index contributed by atoms with van der Waals surface area (Å²) in [5.41, 5.74) is 3.99. The topological polar surface area (TPSA) is 140 Å². The van der Waals surface area contributed by atoms with Crippen molar-refractivity contribution >= 4 is 34.8 Å². The van der Waals surface area contributed by atoms with E-state index in [9.17, 15) is 14.9 Å². The number of aromatic nitrogens is 1. The number of nitro groups is 1. The number of hydrazone groups is 1. The van der Waals surface area contributed by atoms with Crippen molar-refractivity contribution < 1.29 is 19.3 Å². The van der Waals surface area contributed by atoms with Crippen LogP contribution in [-0.2, 0) is 22.7 Å². The molecule has 2 aromatic carbocycles. The quantitative estimate of drug-likeness (QED) is 0.154. The van der Waals surface area contributed by atoms with Gasteiger partial charge in [0, 0.05) is 32.3 Å². The Kier molecular flexibility index (Phi) is 12.4. The number of carbonyl (C=O) groups excluding carboxylic acids is 1. The molecule has 1 unspecified atom stereocenters. The molecule has 3 rings (SSSR count). The van der Waals surface area contributed by atoms with E-state index in [4.69, 9.17) is 21.1 Å². The fraction of sp³-hybridized carbons (Fsp3) is 0.320. The zero-order chi connectivity index (χ0) is 28.1. The van der Waals surface area contributed by atoms with Crippen LogP contribution in [0.4, 0.5) is 0 Å². The van der Waals surface area contributed by atoms with Crippen molar-refractivity contribution in [2.45, 2.75) is 33.1 Å². The molecule has 0 saturated heterocycles. The average Bonchev–Trinajstić information content (AvgIpc) is 3.33. The molecule has 3 N–H and O–H groups in total. The molecule has 204 valence electrons. The van der Waals surface area contributed by atoms with Crippen molar-refractivity contribution in [3.8, 4) is 5.75 Å². The molecule has 0 bridgehead atoms. The first-order valence-corrected chi connectivity index (χ1v) is 12.6. The molecular weight excluding hydrogens is 532 g/mol. The van der Waals surface area contributed by atoms with Gasteiger partial charge < -0.3 is 25.4 Å². The summed E-state index contributed by atoms with van der Waals surface area (Å²) in [5.74, 6) is 0.768. The number of methoxy groups -OCH3 is 1. The van der Waals surface area contributed by atoms with Crippen molar-refractivity contribution in [3.63, 3.8) is 0 Å². The summed E-state index contributed by atoms with van der Waals surface area (Å²) in [6.45, 7) is 4.82. The number of hydrogen-bond acceptors (Lipinski definition) is 7. The fourth-order valence-corrected chi connectivity index (χ4v) is 4.16. The maximum atomic E-state index is 12.0. The monoisotopic (exact) mass is 562 g/mol. The standard InChI is InChI=1S/C19H23NO3.C6H8ClN5O2S/c1-13-9-10-14(2)17(11-13)23-12-15-7-5-6-8-16(15)18(22-4)19(21)20-3;1-8-6(11-12(13)14)10-3-4-2-9-5(7)15-4/h5-11,18H,12H2,1-4H3,(H,20,21);2H,3H2,1H3,(H2,8,10,11). The smallest absolute Gasteiger partial charge is 0.268 e. The average molecular weight is 563 g/mol. The number of carbonyl (C=O) groups is 1. The van der Waals surface area contributed by atoms with E-state index in [-0.39, 0.29) is 11.9 Å². The van der Waals surface area contributed by atoms with Crippen molar-refractivity contribution in [1.82, 2.24) is 20.9 Å². The predicted octanol–water partition coefficient (Wildman–Crippen LogP) is 3.97. The number of thiazole rings is 1. The minimum atomic E-state index is -0.779. The van der Waals surface area contributed by atoms with Gasteiger partial charge in [-0.2, -0.15) is 0 Å². The first-order valence-electron chi connectivity index (χ1n) is 11.5. The van der Waals surface area contributed by atoms with Crippen LogP contribution >= 0.6 is 22.9 Å². The second-order valence-electron chi connectivity index (χ2n) is 7.86. The third-order valence-corrected chi connectivity index (χ3v) is 6.27. The summed E-state index contributed by atoms with van der Waals surface area (Å²) >= 11 is 6.92. The molecule has 3 aromatic rings. The van der Waals surface area contributed by atoms with Gasteiger partial charge in [-0.1, -0.05) is 48.0 Å². The molecule has 1 atom stereocenters. The van der Waals surface area contributed by atoms with Crippen LogP contribution < -0.4 is 20.7 Å². The Morgan fingerprint density at radius 1 is 1.21 bits per heavy atom. The lowest BCUT2D eigenvalue weighted by Gasteiger charge is -2.18. The Labute approximate surface area is 230 Å². The molecule has 38 heavy (non-hydrogen) atoms. The van der Waals surface area contributed by atoms with Crippen LogP contribution in [-0.4, -0.2) is 43.1 Å². The van der Waals surface area contributed by atoms with Gasteiger partial charge in [0.1, 0.15) is 17.5 Å². The number of guanidine groups is 1. The van der Waals surface area contributed by atoms with E-state index in [0.29, 0.717) is 17.6 Å². The predicted molar refractivity (Wildman–Crippen MR) is 148 cm³/mol. The molecule has 0 aliphatic heterocycles. The van der Waals surface area contributed by atoms with Crippen LogP contribution in [0.3, 0.4) is 0 Å². The Bertz CT molecular complexity index is 1250. The van der Waals surface area contributed by atoms with Gasteiger partial charge in [0.15, 0.2) is 15.6 Å². The van der Waals surface area contributed by atoms with Gasteiger partial charge in [0.05, 0.1) is 6.54 Å². The number of nitrogens with zero attached hydrogens (tertiary/aromatic N) is 3. The highest BCUT2D eigenvalue weighted by Crippen LogP contribution is 2.25. The summed E-state index contributed by atoms with van der Waals surface area (Å²) in [5, 5.41) is 20.3. The molecule has 1 amide bonds. The molecule has 11 nitrogen and oxygen atoms in total. The molecule has 0 saturated carbocycles. The van der Waals surface area contributed by atoms with Crippen LogP contribution in [0.15, 0.2) is 53.8 Å². The molecule has 0 fully saturated rings. The van der Waals surface area contributed by atoms with Crippen molar-refractivity contribution in [1.29, 1.82) is 0 Å². The molecule has 13 heteroatoms. The van der Waals surface area contributed by atoms with Crippen molar-refractivity contribution in [2.24, 2.45) is 5.10 Å². The van der Waals surface area contributed by atoms with E-state index in [1.54, 1.807) is 13.2 Å². The number of hydrogen-bond donors (Lipinski definition) is 3. The number of benzene rings is 2. The summed E-state index contributed by atoms with van der Waals surface area (Å²) in [4.78, 5) is 26.8. The van der Waals surface area contributed by atoms with E-state index in [0.717, 1.165) is 32.9 Å². The lowest BCUT2D eigenvalue weighted by atomic mass is 10.0. The number of aryl methyl sites for hydroxylation is 2. The molecule has 1 aromatic heterocycles. The van der Waals surface area contributed by atoms with Gasteiger partial charge in [-0.05, 0) is 42.2 Å².